The van der Waals surface area contributed by atoms with E-state index >= 15 is 0 Å². The van der Waals surface area contributed by atoms with E-state index in [2.05, 4.69) is 5.32 Å². The predicted molar refractivity (Wildman–Crippen MR) is 164 cm³/mol. The molecule has 3 aromatic rings. The lowest BCUT2D eigenvalue weighted by atomic mass is 10.0. The molecule has 3 rings (SSSR count). The van der Waals surface area contributed by atoms with E-state index in [-0.39, 0.29) is 30.6 Å². The topological polar surface area (TPSA) is 96.0 Å². The van der Waals surface area contributed by atoms with Crippen molar-refractivity contribution in [2.75, 3.05) is 24.2 Å². The third-order valence-electron chi connectivity index (χ3n) is 6.67. The maximum absolute atomic E-state index is 14.1. The average molecular weight is 621 g/mol. The number of nitrogens with one attached hydrogen (secondary N) is 1. The predicted octanol–water partition coefficient (Wildman–Crippen LogP) is 5.32. The van der Waals surface area contributed by atoms with Crippen LogP contribution in [0.4, 0.5) is 5.69 Å². The second-order valence-electron chi connectivity index (χ2n) is 9.75. The van der Waals surface area contributed by atoms with Crippen molar-refractivity contribution in [1.29, 1.82) is 0 Å². The molecule has 8 nitrogen and oxygen atoms in total. The maximum atomic E-state index is 14.1. The summed E-state index contributed by atoms with van der Waals surface area (Å²) in [5.74, 6) is -0.383. The van der Waals surface area contributed by atoms with Crippen molar-refractivity contribution < 1.29 is 22.7 Å². The summed E-state index contributed by atoms with van der Waals surface area (Å²) in [4.78, 5) is 29.2. The number of amides is 2. The molecule has 0 aliphatic rings. The fourth-order valence-corrected chi connectivity index (χ4v) is 5.51. The number of sulfonamides is 1. The van der Waals surface area contributed by atoms with Gasteiger partial charge in [0.05, 0.1) is 19.1 Å². The summed E-state index contributed by atoms with van der Waals surface area (Å²) in [5.41, 5.74) is 1.69. The van der Waals surface area contributed by atoms with Crippen LogP contribution in [-0.2, 0) is 32.6 Å². The van der Waals surface area contributed by atoms with Crippen LogP contribution < -0.4 is 14.4 Å². The Morgan fingerprint density at radius 3 is 2.22 bits per heavy atom. The molecule has 2 unspecified atom stereocenters. The molecular weight excluding hydrogens is 585 g/mol. The van der Waals surface area contributed by atoms with Gasteiger partial charge in [-0.1, -0.05) is 66.5 Å². The molecule has 0 fully saturated rings. The summed E-state index contributed by atoms with van der Waals surface area (Å²) in [6.45, 7) is 3.26. The van der Waals surface area contributed by atoms with Crippen LogP contribution in [0.15, 0.2) is 72.8 Å². The van der Waals surface area contributed by atoms with Crippen LogP contribution >= 0.6 is 23.2 Å². The van der Waals surface area contributed by atoms with E-state index in [0.29, 0.717) is 27.8 Å². The van der Waals surface area contributed by atoms with E-state index in [4.69, 9.17) is 27.9 Å². The summed E-state index contributed by atoms with van der Waals surface area (Å²) in [7, 11) is -2.38. The minimum absolute atomic E-state index is 0.0412. The minimum Gasteiger partial charge on any atom is -0.497 e. The summed E-state index contributed by atoms with van der Waals surface area (Å²) in [6.07, 6.45) is 1.93. The fourth-order valence-electron chi connectivity index (χ4n) is 4.19. The van der Waals surface area contributed by atoms with Crippen molar-refractivity contribution in [3.63, 3.8) is 0 Å². The van der Waals surface area contributed by atoms with Gasteiger partial charge >= 0.3 is 0 Å². The van der Waals surface area contributed by atoms with E-state index in [0.717, 1.165) is 16.1 Å². The largest absolute Gasteiger partial charge is 0.497 e. The molecule has 11 heteroatoms. The average Bonchev–Trinajstić information content (AvgIpc) is 2.94. The highest BCUT2D eigenvalue weighted by molar-refractivity contribution is 7.92. The molecule has 220 valence electrons. The molecule has 41 heavy (non-hydrogen) atoms. The Bertz CT molecular complexity index is 1440. The first-order chi connectivity index (χ1) is 19.4. The lowest BCUT2D eigenvalue weighted by molar-refractivity contribution is -0.140. The Kier molecular flexibility index (Phi) is 11.5. The van der Waals surface area contributed by atoms with Gasteiger partial charge in [0, 0.05) is 29.1 Å². The standard InChI is InChI=1S/C30H35Cl2N3O5S/c1-5-21(2)33-30(37)28(17-22-9-7-6-8-10-22)34(19-23-11-12-24(31)18-27(23)32)29(36)20-35(41(4,38)39)25-13-15-26(40-3)16-14-25/h6-16,18,21,28H,5,17,19-20H2,1-4H3,(H,33,37). The molecule has 0 aliphatic heterocycles. The van der Waals surface area contributed by atoms with Gasteiger partial charge < -0.3 is 15.0 Å². The van der Waals surface area contributed by atoms with Crippen molar-refractivity contribution >= 4 is 50.7 Å². The molecule has 0 aromatic heterocycles. The first kappa shape index (κ1) is 32.2. The zero-order valence-electron chi connectivity index (χ0n) is 23.5. The Balaban J connectivity index is 2.08. The summed E-state index contributed by atoms with van der Waals surface area (Å²) in [5, 5.41) is 3.74. The zero-order valence-corrected chi connectivity index (χ0v) is 25.8. The first-order valence-corrected chi connectivity index (χ1v) is 15.7. The smallest absolute Gasteiger partial charge is 0.244 e. The number of anilines is 1. The van der Waals surface area contributed by atoms with E-state index in [1.54, 1.807) is 42.5 Å². The third kappa shape index (κ3) is 9.11. The second kappa shape index (κ2) is 14.6. The van der Waals surface area contributed by atoms with Crippen molar-refractivity contribution in [2.24, 2.45) is 0 Å². The van der Waals surface area contributed by atoms with Crippen LogP contribution in [0.1, 0.15) is 31.4 Å². The van der Waals surface area contributed by atoms with Crippen LogP contribution in [0, 0.1) is 0 Å². The molecule has 3 aromatic carbocycles. The normalized spacial score (nSPS) is 12.7. The molecule has 2 atom stereocenters. The lowest BCUT2D eigenvalue weighted by Gasteiger charge is -2.34. The van der Waals surface area contributed by atoms with E-state index < -0.39 is 28.5 Å². The van der Waals surface area contributed by atoms with Gasteiger partial charge in [0.15, 0.2) is 0 Å². The van der Waals surface area contributed by atoms with Gasteiger partial charge in [0.25, 0.3) is 0 Å². The summed E-state index contributed by atoms with van der Waals surface area (Å²) < 4.78 is 32.0. The van der Waals surface area contributed by atoms with Gasteiger partial charge in [-0.25, -0.2) is 8.42 Å². The number of carbonyl (C=O) groups excluding carboxylic acids is 2. The molecule has 0 saturated heterocycles. The Morgan fingerprint density at radius 1 is 1.00 bits per heavy atom. The third-order valence-corrected chi connectivity index (χ3v) is 8.40. The number of carbonyl (C=O) groups is 2. The Morgan fingerprint density at radius 2 is 1.66 bits per heavy atom. The maximum Gasteiger partial charge on any atom is 0.244 e. The number of benzene rings is 3. The number of ether oxygens (including phenoxy) is 1. The molecule has 0 bridgehead atoms. The molecule has 0 aliphatic carbocycles. The molecule has 0 spiro atoms. The molecule has 0 saturated carbocycles. The quantitative estimate of drug-likeness (QED) is 0.279. The van der Waals surface area contributed by atoms with Gasteiger partial charge in [-0.05, 0) is 60.9 Å². The van der Waals surface area contributed by atoms with Gasteiger partial charge in [-0.15, -0.1) is 0 Å². The van der Waals surface area contributed by atoms with Crippen LogP contribution in [0.3, 0.4) is 0 Å². The van der Waals surface area contributed by atoms with Crippen LogP contribution in [0.2, 0.25) is 10.0 Å². The number of hydrogen-bond donors (Lipinski definition) is 1. The summed E-state index contributed by atoms with van der Waals surface area (Å²) >= 11 is 12.6. The zero-order chi connectivity index (χ0) is 30.2. The number of halogens is 2. The number of methoxy groups -OCH3 is 1. The van der Waals surface area contributed by atoms with Crippen molar-refractivity contribution in [3.05, 3.63) is 94.0 Å². The van der Waals surface area contributed by atoms with Crippen molar-refractivity contribution in [1.82, 2.24) is 10.2 Å². The van der Waals surface area contributed by atoms with E-state index in [9.17, 15) is 18.0 Å². The second-order valence-corrected chi connectivity index (χ2v) is 12.5. The monoisotopic (exact) mass is 619 g/mol. The fraction of sp³-hybridized carbons (Fsp3) is 0.333. The molecule has 0 radical (unpaired) electrons. The highest BCUT2D eigenvalue weighted by Crippen LogP contribution is 2.26. The number of hydrogen-bond acceptors (Lipinski definition) is 5. The SMILES string of the molecule is CCC(C)NC(=O)C(Cc1ccccc1)N(Cc1ccc(Cl)cc1Cl)C(=O)CN(c1ccc(OC)cc1)S(C)(=O)=O. The van der Waals surface area contributed by atoms with Crippen LogP contribution in [0.25, 0.3) is 0 Å². The highest BCUT2D eigenvalue weighted by atomic mass is 35.5. The number of rotatable bonds is 13. The van der Waals surface area contributed by atoms with Crippen molar-refractivity contribution in [2.45, 2.75) is 45.3 Å². The highest BCUT2D eigenvalue weighted by Gasteiger charge is 2.33. The van der Waals surface area contributed by atoms with Gasteiger partial charge in [0.2, 0.25) is 21.8 Å². The van der Waals surface area contributed by atoms with Gasteiger partial charge in [-0.3, -0.25) is 13.9 Å². The Hall–Kier alpha value is -3.27. The van der Waals surface area contributed by atoms with Gasteiger partial charge in [-0.2, -0.15) is 0 Å². The van der Waals surface area contributed by atoms with E-state index in [1.165, 1.54) is 12.0 Å². The summed E-state index contributed by atoms with van der Waals surface area (Å²) in [6, 6.07) is 19.5. The molecular formula is C30H35Cl2N3O5S. The van der Waals surface area contributed by atoms with Crippen molar-refractivity contribution in [3.8, 4) is 5.75 Å². The molecule has 0 heterocycles. The lowest BCUT2D eigenvalue weighted by Crippen LogP contribution is -2.54. The van der Waals surface area contributed by atoms with Crippen LogP contribution in [-0.4, -0.2) is 57.1 Å². The van der Waals surface area contributed by atoms with Gasteiger partial charge in [0.1, 0.15) is 18.3 Å². The van der Waals surface area contributed by atoms with E-state index in [1.807, 2.05) is 44.2 Å². The molecule has 1 N–H and O–H groups in total. The Labute approximate surface area is 252 Å². The molecule has 2 amide bonds. The minimum atomic E-state index is -3.88. The van der Waals surface area contributed by atoms with Crippen LogP contribution in [0.5, 0.6) is 5.75 Å². The first-order valence-electron chi connectivity index (χ1n) is 13.1. The number of nitrogens with zero attached hydrogens (tertiary/aromatic N) is 2.